The molecule has 2 heteroatoms. The van der Waals surface area contributed by atoms with Crippen LogP contribution in [0.4, 0.5) is 4.39 Å². The predicted molar refractivity (Wildman–Crippen MR) is 73.9 cm³/mol. The average Bonchev–Trinajstić information content (AvgIpc) is 2.42. The van der Waals surface area contributed by atoms with Crippen molar-refractivity contribution in [3.8, 4) is 0 Å². The fraction of sp³-hybridized carbons (Fsp3) is 0.625. The molecule has 0 aromatic heterocycles. The first-order valence-electron chi connectivity index (χ1n) is 6.88. The molecule has 1 fully saturated rings. The van der Waals surface area contributed by atoms with E-state index in [2.05, 4.69) is 13.8 Å². The zero-order chi connectivity index (χ0) is 13.4. The van der Waals surface area contributed by atoms with Gasteiger partial charge in [0, 0.05) is 5.54 Å². The number of halogens is 1. The molecule has 1 aliphatic carbocycles. The van der Waals surface area contributed by atoms with E-state index in [-0.39, 0.29) is 11.4 Å². The molecule has 0 saturated heterocycles. The quantitative estimate of drug-likeness (QED) is 0.739. The van der Waals surface area contributed by atoms with Crippen molar-refractivity contribution < 1.29 is 4.39 Å². The third kappa shape index (κ3) is 2.74. The Hall–Kier alpha value is -0.890. The van der Waals surface area contributed by atoms with Gasteiger partial charge in [0.25, 0.3) is 0 Å². The summed E-state index contributed by atoms with van der Waals surface area (Å²) in [7, 11) is 0. The van der Waals surface area contributed by atoms with Gasteiger partial charge in [0.15, 0.2) is 0 Å². The van der Waals surface area contributed by atoms with Crippen LogP contribution < -0.4 is 5.73 Å². The van der Waals surface area contributed by atoms with Crippen LogP contribution in [0, 0.1) is 18.2 Å². The van der Waals surface area contributed by atoms with Crippen LogP contribution in [0.1, 0.15) is 57.1 Å². The Bertz CT molecular complexity index is 439. The Morgan fingerprint density at radius 1 is 1.11 bits per heavy atom. The smallest absolute Gasteiger partial charge is 0.123 e. The largest absolute Gasteiger partial charge is 0.321 e. The summed E-state index contributed by atoms with van der Waals surface area (Å²) in [5, 5.41) is 0. The van der Waals surface area contributed by atoms with Crippen LogP contribution in [-0.4, -0.2) is 0 Å². The van der Waals surface area contributed by atoms with E-state index in [0.29, 0.717) is 5.41 Å². The van der Waals surface area contributed by atoms with Gasteiger partial charge < -0.3 is 5.73 Å². The van der Waals surface area contributed by atoms with E-state index >= 15 is 0 Å². The standard InChI is InChI=1S/C16H24FN/c1-12-5-6-13(17)11-14(12)16(18)8-4-7-15(2,3)9-10-16/h5-6,11H,4,7-10,18H2,1-3H3. The first kappa shape index (κ1) is 13.5. The molecule has 0 bridgehead atoms. The molecule has 0 heterocycles. The Balaban J connectivity index is 2.33. The molecule has 100 valence electrons. The van der Waals surface area contributed by atoms with Gasteiger partial charge >= 0.3 is 0 Å². The Kier molecular flexibility index (Phi) is 3.50. The molecule has 2 rings (SSSR count). The third-order valence-corrected chi connectivity index (χ3v) is 4.46. The van der Waals surface area contributed by atoms with Crippen molar-refractivity contribution in [2.45, 2.75) is 58.4 Å². The highest BCUT2D eigenvalue weighted by atomic mass is 19.1. The van der Waals surface area contributed by atoms with Crippen LogP contribution in [0.25, 0.3) is 0 Å². The van der Waals surface area contributed by atoms with Crippen molar-refractivity contribution in [3.63, 3.8) is 0 Å². The molecule has 18 heavy (non-hydrogen) atoms. The molecule has 2 N–H and O–H groups in total. The second-order valence-electron chi connectivity index (χ2n) is 6.63. The van der Waals surface area contributed by atoms with Crippen LogP contribution in [0.5, 0.6) is 0 Å². The normalized spacial score (nSPS) is 27.8. The maximum absolute atomic E-state index is 13.5. The van der Waals surface area contributed by atoms with Gasteiger partial charge in [0.2, 0.25) is 0 Å². The van der Waals surface area contributed by atoms with Gasteiger partial charge in [-0.05, 0) is 61.3 Å². The number of hydrogen-bond acceptors (Lipinski definition) is 1. The van der Waals surface area contributed by atoms with Crippen molar-refractivity contribution in [2.24, 2.45) is 11.1 Å². The van der Waals surface area contributed by atoms with Crippen LogP contribution in [-0.2, 0) is 5.54 Å². The lowest BCUT2D eigenvalue weighted by Gasteiger charge is -2.31. The van der Waals surface area contributed by atoms with Crippen LogP contribution in [0.3, 0.4) is 0 Å². The van der Waals surface area contributed by atoms with Crippen LogP contribution >= 0.6 is 0 Å². The molecule has 0 radical (unpaired) electrons. The summed E-state index contributed by atoms with van der Waals surface area (Å²) in [4.78, 5) is 0. The van der Waals surface area contributed by atoms with E-state index in [0.717, 1.165) is 36.8 Å². The van der Waals surface area contributed by atoms with Crippen molar-refractivity contribution in [1.82, 2.24) is 0 Å². The summed E-state index contributed by atoms with van der Waals surface area (Å²) >= 11 is 0. The SMILES string of the molecule is Cc1ccc(F)cc1C1(N)CCCC(C)(C)CC1. The fourth-order valence-electron chi connectivity index (χ4n) is 3.09. The topological polar surface area (TPSA) is 26.0 Å². The van der Waals surface area contributed by atoms with Gasteiger partial charge in [0.05, 0.1) is 0 Å². The second kappa shape index (κ2) is 4.65. The maximum atomic E-state index is 13.5. The zero-order valence-corrected chi connectivity index (χ0v) is 11.7. The number of benzene rings is 1. The molecule has 1 aromatic carbocycles. The molecule has 0 aliphatic heterocycles. The summed E-state index contributed by atoms with van der Waals surface area (Å²) in [6.45, 7) is 6.63. The first-order valence-corrected chi connectivity index (χ1v) is 6.88. The Morgan fingerprint density at radius 3 is 2.56 bits per heavy atom. The van der Waals surface area contributed by atoms with Crippen molar-refractivity contribution in [1.29, 1.82) is 0 Å². The van der Waals surface area contributed by atoms with E-state index in [4.69, 9.17) is 5.73 Å². The summed E-state index contributed by atoms with van der Waals surface area (Å²) in [6.07, 6.45) is 5.35. The van der Waals surface area contributed by atoms with E-state index < -0.39 is 0 Å². The molecule has 0 amide bonds. The lowest BCUT2D eigenvalue weighted by atomic mass is 9.79. The molecular weight excluding hydrogens is 225 g/mol. The van der Waals surface area contributed by atoms with Gasteiger partial charge in [-0.3, -0.25) is 0 Å². The number of nitrogens with two attached hydrogens (primary N) is 1. The Labute approximate surface area is 110 Å². The van der Waals surface area contributed by atoms with E-state index in [9.17, 15) is 4.39 Å². The maximum Gasteiger partial charge on any atom is 0.123 e. The molecular formula is C16H24FN. The van der Waals surface area contributed by atoms with Gasteiger partial charge in [-0.25, -0.2) is 4.39 Å². The molecule has 1 atom stereocenters. The first-order chi connectivity index (χ1) is 8.32. The van der Waals surface area contributed by atoms with Crippen molar-refractivity contribution >= 4 is 0 Å². The minimum Gasteiger partial charge on any atom is -0.321 e. The lowest BCUT2D eigenvalue weighted by Crippen LogP contribution is -2.37. The fourth-order valence-corrected chi connectivity index (χ4v) is 3.09. The highest BCUT2D eigenvalue weighted by Crippen LogP contribution is 2.42. The molecule has 1 unspecified atom stereocenters. The summed E-state index contributed by atoms with van der Waals surface area (Å²) < 4.78 is 13.5. The second-order valence-corrected chi connectivity index (χ2v) is 6.63. The van der Waals surface area contributed by atoms with Gasteiger partial charge in [-0.1, -0.05) is 26.3 Å². The Morgan fingerprint density at radius 2 is 1.83 bits per heavy atom. The number of aryl methyl sites for hydroxylation is 1. The van der Waals surface area contributed by atoms with Gasteiger partial charge in [0.1, 0.15) is 5.82 Å². The minimum absolute atomic E-state index is 0.177. The van der Waals surface area contributed by atoms with Crippen molar-refractivity contribution in [3.05, 3.63) is 35.1 Å². The summed E-state index contributed by atoms with van der Waals surface area (Å²) in [5.41, 5.74) is 8.73. The van der Waals surface area contributed by atoms with Crippen LogP contribution in [0.15, 0.2) is 18.2 Å². The number of rotatable bonds is 1. The highest BCUT2D eigenvalue weighted by Gasteiger charge is 2.34. The molecule has 1 nitrogen and oxygen atoms in total. The average molecular weight is 249 g/mol. The van der Waals surface area contributed by atoms with Crippen LogP contribution in [0.2, 0.25) is 0 Å². The van der Waals surface area contributed by atoms with Gasteiger partial charge in [-0.15, -0.1) is 0 Å². The van der Waals surface area contributed by atoms with Gasteiger partial charge in [-0.2, -0.15) is 0 Å². The lowest BCUT2D eigenvalue weighted by molar-refractivity contribution is 0.298. The molecule has 0 spiro atoms. The van der Waals surface area contributed by atoms with E-state index in [1.807, 2.05) is 13.0 Å². The van der Waals surface area contributed by atoms with E-state index in [1.165, 1.54) is 12.5 Å². The third-order valence-electron chi connectivity index (χ3n) is 4.46. The van der Waals surface area contributed by atoms with E-state index in [1.54, 1.807) is 6.07 Å². The monoisotopic (exact) mass is 249 g/mol. The highest BCUT2D eigenvalue weighted by molar-refractivity contribution is 5.33. The predicted octanol–water partition coefficient (Wildman–Crippen LogP) is 4.28. The number of hydrogen-bond donors (Lipinski definition) is 1. The molecule has 1 saturated carbocycles. The summed E-state index contributed by atoms with van der Waals surface area (Å²) in [6, 6.07) is 4.99. The molecule has 1 aliphatic rings. The van der Waals surface area contributed by atoms with Crippen molar-refractivity contribution in [2.75, 3.05) is 0 Å². The minimum atomic E-state index is -0.347. The zero-order valence-electron chi connectivity index (χ0n) is 11.7. The summed E-state index contributed by atoms with van der Waals surface area (Å²) in [5.74, 6) is -0.177. The molecule has 1 aromatic rings.